The number of ketones is 3. The second-order valence-electron chi connectivity index (χ2n) is 3.75. The van der Waals surface area contributed by atoms with E-state index in [0.29, 0.717) is 0 Å². The van der Waals surface area contributed by atoms with E-state index < -0.39 is 37.2 Å². The van der Waals surface area contributed by atoms with Crippen LogP contribution in [0.2, 0.25) is 0 Å². The first kappa shape index (κ1) is 28.6. The minimum absolute atomic E-state index is 0. The molecule has 0 bridgehead atoms. The summed E-state index contributed by atoms with van der Waals surface area (Å²) in [5, 5.41) is 28.4. The number of carboxylic acid groups (broad SMARTS) is 3. The first-order valence-corrected chi connectivity index (χ1v) is 5.46. The van der Waals surface area contributed by atoms with Gasteiger partial charge in [0.2, 0.25) is 0 Å². The standard InChI is InChI=1S/3C4H6O3.Na/c3*1-3(5)2-4(6)7;/h3*2H2,1H3,(H,6,7);/q;;;+1/p-1. The van der Waals surface area contributed by atoms with Gasteiger partial charge in [-0.25, -0.2) is 0 Å². The third kappa shape index (κ3) is 51.5. The van der Waals surface area contributed by atoms with Gasteiger partial charge in [0.1, 0.15) is 17.3 Å². The predicted octanol–water partition coefficient (Wildman–Crippen LogP) is -6.62. The van der Waals surface area contributed by atoms with Crippen LogP contribution in [-0.2, 0) is 28.8 Å². The molecule has 0 spiro atoms. The summed E-state index contributed by atoms with van der Waals surface area (Å²) in [4.78, 5) is 57.9. The van der Waals surface area contributed by atoms with Gasteiger partial charge in [-0.2, -0.15) is 0 Å². The molecule has 0 saturated carbocycles. The van der Waals surface area contributed by atoms with Crippen LogP contribution in [0, 0.1) is 0 Å². The number of carbonyl (C=O) groups excluding carboxylic acids is 6. The number of hydrogen-bond acceptors (Lipinski definition) is 9. The normalized spacial score (nSPS) is 7.77. The average molecular weight is 328 g/mol. The Labute approximate surface area is 152 Å². The molecule has 120 valence electrons. The van der Waals surface area contributed by atoms with Gasteiger partial charge in [0.15, 0.2) is 0 Å². The topological polar surface area (TPSA) is 172 Å². The summed E-state index contributed by atoms with van der Waals surface area (Å²) in [6, 6.07) is 0. The molecule has 0 heterocycles. The Kier molecular flexibility index (Phi) is 22.7. The number of rotatable bonds is 6. The van der Waals surface area contributed by atoms with Crippen molar-refractivity contribution >= 4 is 35.3 Å². The van der Waals surface area contributed by atoms with Crippen LogP contribution in [0.3, 0.4) is 0 Å². The average Bonchev–Trinajstić information content (AvgIpc) is 2.10. The van der Waals surface area contributed by atoms with Crippen molar-refractivity contribution in [2.45, 2.75) is 40.0 Å². The number of hydrogen-bond donors (Lipinski definition) is 0. The molecule has 10 heteroatoms. The Morgan fingerprint density at radius 3 is 0.727 bits per heavy atom. The number of aliphatic carboxylic acids is 3. The second-order valence-corrected chi connectivity index (χ2v) is 3.75. The fraction of sp³-hybridized carbons (Fsp3) is 0.500. The summed E-state index contributed by atoms with van der Waals surface area (Å²) in [5.74, 6) is -5.06. The molecule has 0 unspecified atom stereocenters. The van der Waals surface area contributed by atoms with E-state index in [4.69, 9.17) is 0 Å². The molecule has 0 amide bonds. The van der Waals surface area contributed by atoms with Crippen LogP contribution in [0.4, 0.5) is 0 Å². The summed E-state index contributed by atoms with van der Waals surface area (Å²) < 4.78 is 0. The van der Waals surface area contributed by atoms with Crippen LogP contribution < -0.4 is 44.9 Å². The van der Waals surface area contributed by atoms with Crippen molar-refractivity contribution in [3.05, 3.63) is 0 Å². The molecule has 0 aromatic carbocycles. The molecule has 0 saturated heterocycles. The third-order valence-corrected chi connectivity index (χ3v) is 1.18. The number of carboxylic acids is 3. The zero-order chi connectivity index (χ0) is 17.6. The first-order valence-electron chi connectivity index (χ1n) is 5.46. The molecule has 0 aromatic rings. The fourth-order valence-corrected chi connectivity index (χ4v) is 0.610. The van der Waals surface area contributed by atoms with Gasteiger partial charge in [0.05, 0.1) is 0 Å². The van der Waals surface area contributed by atoms with Gasteiger partial charge in [-0.05, 0) is 20.8 Å². The Balaban J connectivity index is -0.0000000476. The van der Waals surface area contributed by atoms with Crippen LogP contribution in [-0.4, -0.2) is 35.3 Å². The molecule has 0 fully saturated rings. The van der Waals surface area contributed by atoms with E-state index in [1.54, 1.807) is 0 Å². The van der Waals surface area contributed by atoms with Gasteiger partial charge < -0.3 is 29.7 Å². The molecular formula is C12H17NaO9. The van der Waals surface area contributed by atoms with Gasteiger partial charge in [-0.3, -0.25) is 14.4 Å². The van der Waals surface area contributed by atoms with Crippen molar-refractivity contribution in [1.82, 2.24) is 0 Å². The van der Waals surface area contributed by atoms with E-state index in [-0.39, 0.29) is 49.8 Å². The summed E-state index contributed by atoms with van der Waals surface area (Å²) in [6.45, 7) is 3.61. The molecule has 0 atom stereocenters. The molecule has 9 nitrogen and oxygen atoms in total. The smallest absolute Gasteiger partial charge is 0.550 e. The summed E-state index contributed by atoms with van der Waals surface area (Å²) >= 11 is 0. The van der Waals surface area contributed by atoms with Crippen LogP contribution in [0.5, 0.6) is 0 Å². The molecule has 0 rings (SSSR count). The number of carbonyl (C=O) groups is 6. The second kappa shape index (κ2) is 17.5. The van der Waals surface area contributed by atoms with E-state index in [9.17, 15) is 44.1 Å². The molecular weight excluding hydrogens is 311 g/mol. The molecule has 0 aromatic heterocycles. The zero-order valence-electron chi connectivity index (χ0n) is 14.8. The third-order valence-electron chi connectivity index (χ3n) is 1.18. The van der Waals surface area contributed by atoms with Crippen molar-refractivity contribution in [2.75, 3.05) is 0 Å². The fourth-order valence-electron chi connectivity index (χ4n) is 0.610. The number of Topliss-reactive ketones (excluding diaryl/α,β-unsaturated/α-hetero) is 3. The van der Waals surface area contributed by atoms with Crippen molar-refractivity contribution in [2.24, 2.45) is 0 Å². The van der Waals surface area contributed by atoms with E-state index in [0.717, 1.165) is 0 Å². The maximum absolute atomic E-state index is 9.83. The van der Waals surface area contributed by atoms with Gasteiger partial charge in [0, 0.05) is 37.2 Å². The molecule has 22 heavy (non-hydrogen) atoms. The molecule has 0 radical (unpaired) electrons. The predicted molar refractivity (Wildman–Crippen MR) is 63.1 cm³/mol. The minimum Gasteiger partial charge on any atom is -0.550 e. The summed E-state index contributed by atoms with van der Waals surface area (Å²) in [6.07, 6.45) is -1.42. The molecule has 0 N–H and O–H groups in total. The molecule has 0 aliphatic rings. The van der Waals surface area contributed by atoms with Crippen LogP contribution in [0.25, 0.3) is 0 Å². The first-order chi connectivity index (χ1) is 9.38. The van der Waals surface area contributed by atoms with E-state index in [1.807, 2.05) is 0 Å². The van der Waals surface area contributed by atoms with Crippen LogP contribution in [0.1, 0.15) is 42.9 Å². The largest absolute Gasteiger partial charge is 1.00 e. The minimum atomic E-state index is -1.31. The maximum atomic E-state index is 9.83. The summed E-state index contributed by atoms with van der Waals surface area (Å²) in [7, 11) is 0. The maximum Gasteiger partial charge on any atom is 1.00 e. The van der Waals surface area contributed by atoms with Gasteiger partial charge in [-0.15, -0.1) is 0 Å². The molecule has 0 aliphatic carbocycles. The Hall–Kier alpha value is -1.58. The zero-order valence-corrected chi connectivity index (χ0v) is 14.8. The SMILES string of the molecule is CC(=O)CC(=O)[O-].CC(=O)CC(=O)[O-].CC(=O)CC(=O)[O-].[H+].[H+].[Na+]. The van der Waals surface area contributed by atoms with Crippen LogP contribution in [0.15, 0.2) is 0 Å². The van der Waals surface area contributed by atoms with E-state index in [2.05, 4.69) is 0 Å². The monoisotopic (exact) mass is 328 g/mol. The Morgan fingerprint density at radius 1 is 0.591 bits per heavy atom. The van der Waals surface area contributed by atoms with Crippen molar-refractivity contribution in [3.63, 3.8) is 0 Å². The van der Waals surface area contributed by atoms with Gasteiger partial charge in [-0.1, -0.05) is 0 Å². The van der Waals surface area contributed by atoms with Crippen molar-refractivity contribution in [3.8, 4) is 0 Å². The van der Waals surface area contributed by atoms with Crippen molar-refractivity contribution in [1.29, 1.82) is 0 Å². The van der Waals surface area contributed by atoms with Crippen LogP contribution >= 0.6 is 0 Å². The van der Waals surface area contributed by atoms with Crippen molar-refractivity contribution < 1.29 is 76.5 Å². The van der Waals surface area contributed by atoms with E-state index in [1.165, 1.54) is 20.8 Å². The quantitative estimate of drug-likeness (QED) is 0.339. The van der Waals surface area contributed by atoms with E-state index >= 15 is 0 Å². The Morgan fingerprint density at radius 2 is 0.727 bits per heavy atom. The molecule has 0 aliphatic heterocycles. The van der Waals surface area contributed by atoms with Gasteiger partial charge >= 0.3 is 32.4 Å². The Bertz CT molecular complexity index is 327. The van der Waals surface area contributed by atoms with Gasteiger partial charge in [0.25, 0.3) is 0 Å². The summed E-state index contributed by atoms with van der Waals surface area (Å²) in [5.41, 5.74) is 0.